The highest BCUT2D eigenvalue weighted by Gasteiger charge is 2.30. The zero-order valence-corrected chi connectivity index (χ0v) is 14.2. The first-order valence-electron chi connectivity index (χ1n) is 7.26. The van der Waals surface area contributed by atoms with E-state index in [1.165, 1.54) is 24.3 Å². The molecule has 0 aliphatic carbocycles. The molecule has 0 spiro atoms. The van der Waals surface area contributed by atoms with Crippen LogP contribution in [0.15, 0.2) is 24.3 Å². The highest BCUT2D eigenvalue weighted by molar-refractivity contribution is 8.14. The fourth-order valence-corrected chi connectivity index (χ4v) is 2.87. The molecule has 1 aliphatic rings. The van der Waals surface area contributed by atoms with Crippen LogP contribution >= 0.6 is 11.8 Å². The van der Waals surface area contributed by atoms with E-state index in [2.05, 4.69) is 5.32 Å². The second kappa shape index (κ2) is 7.79. The number of hydrogen-bond acceptors (Lipinski definition) is 7. The minimum Gasteiger partial charge on any atom is -0.399 e. The van der Waals surface area contributed by atoms with Crippen molar-refractivity contribution in [1.82, 2.24) is 10.2 Å². The van der Waals surface area contributed by atoms with Gasteiger partial charge < -0.3 is 11.1 Å². The average Bonchev–Trinajstić information content (AvgIpc) is 2.88. The van der Waals surface area contributed by atoms with Crippen LogP contribution in [0.25, 0.3) is 0 Å². The first-order chi connectivity index (χ1) is 11.8. The Hall–Kier alpha value is -2.88. The van der Waals surface area contributed by atoms with Gasteiger partial charge in [0, 0.05) is 25.7 Å². The Bertz CT molecular complexity index is 718. The van der Waals surface area contributed by atoms with E-state index in [1.807, 2.05) is 0 Å². The van der Waals surface area contributed by atoms with Crippen LogP contribution in [-0.4, -0.2) is 52.6 Å². The van der Waals surface area contributed by atoms with E-state index in [9.17, 15) is 24.0 Å². The van der Waals surface area contributed by atoms with Crippen molar-refractivity contribution in [2.45, 2.75) is 6.92 Å². The van der Waals surface area contributed by atoms with Crippen molar-refractivity contribution >= 4 is 52.0 Å². The van der Waals surface area contributed by atoms with Crippen molar-refractivity contribution in [1.29, 1.82) is 0 Å². The Morgan fingerprint density at radius 3 is 2.40 bits per heavy atom. The average molecular weight is 364 g/mol. The summed E-state index contributed by atoms with van der Waals surface area (Å²) >= 11 is 0.881. The number of nitrogen functional groups attached to an aromatic ring is 1. The van der Waals surface area contributed by atoms with Crippen LogP contribution < -0.4 is 16.0 Å². The van der Waals surface area contributed by atoms with Crippen molar-refractivity contribution in [3.63, 3.8) is 0 Å². The van der Waals surface area contributed by atoms with Crippen LogP contribution in [0.4, 0.5) is 16.2 Å². The summed E-state index contributed by atoms with van der Waals surface area (Å²) in [5.41, 5.74) is 6.22. The van der Waals surface area contributed by atoms with Gasteiger partial charge >= 0.3 is 11.8 Å². The van der Waals surface area contributed by atoms with E-state index in [4.69, 9.17) is 5.73 Å². The Balaban J connectivity index is 1.98. The third-order valence-corrected chi connectivity index (χ3v) is 4.18. The summed E-state index contributed by atoms with van der Waals surface area (Å²) in [5.74, 6) is -2.99. The fraction of sp³-hybridized carbons (Fsp3) is 0.267. The number of carbonyl (C=O) groups is 5. The lowest BCUT2D eigenvalue weighted by molar-refractivity contribution is -0.139. The maximum atomic E-state index is 12.2. The SMILES string of the molecule is CC(=O)N(C(=O)C(=O)NCCN1C(=O)CSC1=O)c1ccc(N)cc1. The summed E-state index contributed by atoms with van der Waals surface area (Å²) in [6.07, 6.45) is 0. The van der Waals surface area contributed by atoms with Crippen molar-refractivity contribution in [3.05, 3.63) is 24.3 Å². The fourth-order valence-electron chi connectivity index (χ4n) is 2.12. The summed E-state index contributed by atoms with van der Waals surface area (Å²) in [5, 5.41) is 1.91. The number of nitrogens with one attached hydrogen (secondary N) is 1. The molecule has 1 aromatic rings. The van der Waals surface area contributed by atoms with E-state index in [0.29, 0.717) is 5.69 Å². The van der Waals surface area contributed by atoms with Gasteiger partial charge in [-0.25, -0.2) is 4.90 Å². The van der Waals surface area contributed by atoms with Crippen LogP contribution in [0.1, 0.15) is 6.92 Å². The highest BCUT2D eigenvalue weighted by atomic mass is 32.2. The molecule has 0 aromatic heterocycles. The predicted octanol–water partition coefficient (Wildman–Crippen LogP) is -0.0401. The standard InChI is InChI=1S/C15H16N4O5S/c1-9(20)19(11-4-2-10(16)3-5-11)14(23)13(22)17-6-7-18-12(21)8-25-15(18)24/h2-5H,6-8,16H2,1H3,(H,17,22). The predicted molar refractivity (Wildman–Crippen MR) is 91.6 cm³/mol. The molecule has 1 saturated heterocycles. The number of imide groups is 2. The molecule has 2 rings (SSSR count). The highest BCUT2D eigenvalue weighted by Crippen LogP contribution is 2.18. The molecule has 0 unspecified atom stereocenters. The maximum Gasteiger partial charge on any atom is 0.323 e. The molecule has 132 valence electrons. The molecule has 9 nitrogen and oxygen atoms in total. The number of rotatable bonds is 4. The van der Waals surface area contributed by atoms with Gasteiger partial charge in [-0.05, 0) is 24.3 Å². The quantitative estimate of drug-likeness (QED) is 0.566. The first kappa shape index (κ1) is 18.5. The Labute approximate surface area is 147 Å². The number of amides is 5. The minimum atomic E-state index is -1.06. The second-order valence-corrected chi connectivity index (χ2v) is 6.03. The third-order valence-electron chi connectivity index (χ3n) is 3.33. The van der Waals surface area contributed by atoms with Gasteiger partial charge in [-0.3, -0.25) is 28.9 Å². The molecule has 0 atom stereocenters. The third kappa shape index (κ3) is 4.35. The van der Waals surface area contributed by atoms with Gasteiger partial charge in [0.2, 0.25) is 11.8 Å². The van der Waals surface area contributed by atoms with E-state index in [1.54, 1.807) is 0 Å². The van der Waals surface area contributed by atoms with E-state index < -0.39 is 23.0 Å². The summed E-state index contributed by atoms with van der Waals surface area (Å²) in [7, 11) is 0. The molecule has 25 heavy (non-hydrogen) atoms. The van der Waals surface area contributed by atoms with Crippen LogP contribution in [0.3, 0.4) is 0 Å². The summed E-state index contributed by atoms with van der Waals surface area (Å²) in [4.78, 5) is 60.6. The van der Waals surface area contributed by atoms with Gasteiger partial charge in [0.1, 0.15) is 0 Å². The molecule has 0 saturated carbocycles. The molecule has 1 fully saturated rings. The summed E-state index contributed by atoms with van der Waals surface area (Å²) in [6.45, 7) is 1.03. The number of thioether (sulfide) groups is 1. The van der Waals surface area contributed by atoms with Gasteiger partial charge in [-0.1, -0.05) is 11.8 Å². The molecule has 0 bridgehead atoms. The van der Waals surface area contributed by atoms with Gasteiger partial charge in [0.25, 0.3) is 5.24 Å². The number of carbonyl (C=O) groups excluding carboxylic acids is 5. The number of nitrogens with two attached hydrogens (primary N) is 1. The Morgan fingerprint density at radius 2 is 1.88 bits per heavy atom. The normalized spacial score (nSPS) is 13.7. The number of benzene rings is 1. The van der Waals surface area contributed by atoms with Gasteiger partial charge in [0.15, 0.2) is 0 Å². The summed E-state index contributed by atoms with van der Waals surface area (Å²) in [6, 6.07) is 5.89. The Kier molecular flexibility index (Phi) is 5.75. The monoisotopic (exact) mass is 364 g/mol. The van der Waals surface area contributed by atoms with Crippen molar-refractivity contribution in [3.8, 4) is 0 Å². The molecule has 1 heterocycles. The zero-order chi connectivity index (χ0) is 18.6. The largest absolute Gasteiger partial charge is 0.399 e. The molecular formula is C15H16N4O5S. The first-order valence-corrected chi connectivity index (χ1v) is 8.25. The molecule has 3 N–H and O–H groups in total. The zero-order valence-electron chi connectivity index (χ0n) is 13.4. The van der Waals surface area contributed by atoms with Gasteiger partial charge in [-0.15, -0.1) is 0 Å². The lowest BCUT2D eigenvalue weighted by Crippen LogP contribution is -2.47. The Morgan fingerprint density at radius 1 is 1.24 bits per heavy atom. The second-order valence-electron chi connectivity index (χ2n) is 5.11. The molecule has 1 aliphatic heterocycles. The van der Waals surface area contributed by atoms with Crippen LogP contribution in [-0.2, 0) is 19.2 Å². The maximum absolute atomic E-state index is 12.2. The minimum absolute atomic E-state index is 0.0361. The van der Waals surface area contributed by atoms with Crippen LogP contribution in [0.2, 0.25) is 0 Å². The summed E-state index contributed by atoms with van der Waals surface area (Å²) < 4.78 is 0. The lowest BCUT2D eigenvalue weighted by Gasteiger charge is -2.19. The van der Waals surface area contributed by atoms with Crippen LogP contribution in [0, 0.1) is 0 Å². The molecular weight excluding hydrogens is 348 g/mol. The van der Waals surface area contributed by atoms with Crippen molar-refractivity contribution in [2.75, 3.05) is 29.5 Å². The lowest BCUT2D eigenvalue weighted by atomic mass is 10.2. The van der Waals surface area contributed by atoms with Crippen LogP contribution in [0.5, 0.6) is 0 Å². The van der Waals surface area contributed by atoms with E-state index in [0.717, 1.165) is 28.5 Å². The van der Waals surface area contributed by atoms with E-state index in [-0.39, 0.29) is 30.4 Å². The van der Waals surface area contributed by atoms with Gasteiger partial charge in [0.05, 0.1) is 11.4 Å². The molecule has 10 heteroatoms. The molecule has 5 amide bonds. The topological polar surface area (TPSA) is 130 Å². The van der Waals surface area contributed by atoms with Crippen molar-refractivity contribution < 1.29 is 24.0 Å². The smallest absolute Gasteiger partial charge is 0.323 e. The number of nitrogens with zero attached hydrogens (tertiary/aromatic N) is 2. The number of anilines is 2. The van der Waals surface area contributed by atoms with Gasteiger partial charge in [-0.2, -0.15) is 0 Å². The molecule has 1 aromatic carbocycles. The number of hydrogen-bond donors (Lipinski definition) is 2. The van der Waals surface area contributed by atoms with Crippen molar-refractivity contribution in [2.24, 2.45) is 0 Å². The molecule has 0 radical (unpaired) electrons. The van der Waals surface area contributed by atoms with E-state index >= 15 is 0 Å².